The summed E-state index contributed by atoms with van der Waals surface area (Å²) in [5.74, 6) is -0.300. The van der Waals surface area contributed by atoms with Crippen molar-refractivity contribution in [1.29, 1.82) is 0 Å². The lowest BCUT2D eigenvalue weighted by Crippen LogP contribution is -2.50. The minimum atomic E-state index is -0.755. The number of carbonyl (C=O) groups is 2. The van der Waals surface area contributed by atoms with E-state index in [9.17, 15) is 9.59 Å². The fraction of sp³-hybridized carbons (Fsp3) is 0.867. The first-order chi connectivity index (χ1) is 10.1. The van der Waals surface area contributed by atoms with Gasteiger partial charge in [0.25, 0.3) is 0 Å². The molecule has 1 aliphatic carbocycles. The van der Waals surface area contributed by atoms with Gasteiger partial charge in [0.1, 0.15) is 0 Å². The molecule has 1 aliphatic heterocycles. The molecule has 0 radical (unpaired) electrons. The molecule has 2 amide bonds. The second-order valence-electron chi connectivity index (χ2n) is 6.21. The zero-order chi connectivity index (χ0) is 15.2. The van der Waals surface area contributed by atoms with Gasteiger partial charge >= 0.3 is 12.0 Å². The molecule has 1 heterocycles. The maximum Gasteiger partial charge on any atom is 0.317 e. The Morgan fingerprint density at radius 2 is 2.10 bits per heavy atom. The molecule has 2 unspecified atom stereocenters. The van der Waals surface area contributed by atoms with Gasteiger partial charge in [-0.3, -0.25) is 4.79 Å². The van der Waals surface area contributed by atoms with Crippen LogP contribution >= 0.6 is 0 Å². The Hall–Kier alpha value is -1.30. The zero-order valence-electron chi connectivity index (χ0n) is 12.7. The number of hydrogen-bond donors (Lipinski definition) is 2. The van der Waals surface area contributed by atoms with E-state index in [1.807, 2.05) is 6.92 Å². The topological polar surface area (TPSA) is 78.9 Å². The number of likely N-dealkylation sites (tertiary alicyclic amines) is 1. The highest BCUT2D eigenvalue weighted by atomic mass is 16.5. The van der Waals surface area contributed by atoms with Crippen molar-refractivity contribution in [2.24, 2.45) is 11.8 Å². The van der Waals surface area contributed by atoms with Crippen LogP contribution in [0.4, 0.5) is 4.79 Å². The molecule has 1 saturated heterocycles. The number of carboxylic acids is 1. The first kappa shape index (κ1) is 16.1. The third-order valence-electron chi connectivity index (χ3n) is 4.28. The molecule has 0 aromatic heterocycles. The van der Waals surface area contributed by atoms with Gasteiger partial charge in [0.2, 0.25) is 0 Å². The molecule has 0 aromatic rings. The number of ether oxygens (including phenoxy) is 1. The van der Waals surface area contributed by atoms with Gasteiger partial charge in [0.15, 0.2) is 0 Å². The number of piperidine rings is 1. The van der Waals surface area contributed by atoms with Crippen LogP contribution in [-0.4, -0.2) is 54.4 Å². The molecule has 120 valence electrons. The van der Waals surface area contributed by atoms with E-state index in [0.717, 1.165) is 18.9 Å². The number of carboxylic acid groups (broad SMARTS) is 1. The van der Waals surface area contributed by atoms with Crippen LogP contribution in [0.1, 0.15) is 39.0 Å². The normalized spacial score (nSPS) is 25.7. The highest BCUT2D eigenvalue weighted by Gasteiger charge is 2.31. The molecule has 2 N–H and O–H groups in total. The van der Waals surface area contributed by atoms with Crippen molar-refractivity contribution >= 4 is 12.0 Å². The molecule has 2 atom stereocenters. The van der Waals surface area contributed by atoms with Crippen LogP contribution < -0.4 is 5.32 Å². The largest absolute Gasteiger partial charge is 0.481 e. The lowest BCUT2D eigenvalue weighted by atomic mass is 9.92. The third-order valence-corrected chi connectivity index (χ3v) is 4.28. The monoisotopic (exact) mass is 298 g/mol. The van der Waals surface area contributed by atoms with E-state index in [1.54, 1.807) is 4.90 Å². The van der Waals surface area contributed by atoms with E-state index in [-0.39, 0.29) is 18.0 Å². The summed E-state index contributed by atoms with van der Waals surface area (Å²) in [5, 5.41) is 11.9. The smallest absolute Gasteiger partial charge is 0.317 e. The molecule has 0 spiro atoms. The highest BCUT2D eigenvalue weighted by molar-refractivity contribution is 5.75. The fourth-order valence-corrected chi connectivity index (χ4v) is 2.70. The maximum absolute atomic E-state index is 12.1. The molecular weight excluding hydrogens is 272 g/mol. The summed E-state index contributed by atoms with van der Waals surface area (Å²) in [7, 11) is 0. The average molecular weight is 298 g/mol. The zero-order valence-corrected chi connectivity index (χ0v) is 12.7. The van der Waals surface area contributed by atoms with Crippen LogP contribution in [0, 0.1) is 11.8 Å². The van der Waals surface area contributed by atoms with Gasteiger partial charge in [-0.15, -0.1) is 0 Å². The Bertz CT molecular complexity index is 371. The quantitative estimate of drug-likeness (QED) is 0.701. The minimum Gasteiger partial charge on any atom is -0.481 e. The number of nitrogens with one attached hydrogen (secondary N) is 1. The third kappa shape index (κ3) is 5.19. The van der Waals surface area contributed by atoms with Crippen LogP contribution in [0.3, 0.4) is 0 Å². The van der Waals surface area contributed by atoms with Crippen molar-refractivity contribution in [3.05, 3.63) is 0 Å². The van der Waals surface area contributed by atoms with Crippen molar-refractivity contribution < 1.29 is 19.4 Å². The number of nitrogens with zero attached hydrogens (tertiary/aromatic N) is 1. The number of aliphatic carboxylic acids is 1. The van der Waals surface area contributed by atoms with E-state index in [0.29, 0.717) is 32.5 Å². The van der Waals surface area contributed by atoms with Crippen LogP contribution in [0.5, 0.6) is 0 Å². The Labute approximate surface area is 125 Å². The standard InChI is InChI=1S/C15H26N2O4/c1-11-9-13(14(18)19)5-7-17(11)15(20)16-6-2-8-21-10-12-3-4-12/h11-13H,2-10H2,1H3,(H,16,20)(H,18,19). The molecule has 6 nitrogen and oxygen atoms in total. The van der Waals surface area contributed by atoms with Gasteiger partial charge in [0.05, 0.1) is 5.92 Å². The molecule has 0 bridgehead atoms. The molecule has 1 saturated carbocycles. The fourth-order valence-electron chi connectivity index (χ4n) is 2.70. The lowest BCUT2D eigenvalue weighted by Gasteiger charge is -2.36. The molecule has 2 fully saturated rings. The van der Waals surface area contributed by atoms with E-state index in [4.69, 9.17) is 9.84 Å². The highest BCUT2D eigenvalue weighted by Crippen LogP contribution is 2.28. The number of urea groups is 1. The van der Waals surface area contributed by atoms with Gasteiger partial charge in [0, 0.05) is 32.3 Å². The van der Waals surface area contributed by atoms with E-state index in [2.05, 4.69) is 5.32 Å². The van der Waals surface area contributed by atoms with Crippen molar-refractivity contribution in [2.75, 3.05) is 26.3 Å². The average Bonchev–Trinajstić information content (AvgIpc) is 3.26. The molecular formula is C15H26N2O4. The second-order valence-corrected chi connectivity index (χ2v) is 6.21. The van der Waals surface area contributed by atoms with Crippen LogP contribution in [-0.2, 0) is 9.53 Å². The van der Waals surface area contributed by atoms with Crippen molar-refractivity contribution in [3.63, 3.8) is 0 Å². The minimum absolute atomic E-state index is 0.0223. The molecule has 2 aliphatic rings. The lowest BCUT2D eigenvalue weighted by molar-refractivity contribution is -0.143. The predicted octanol–water partition coefficient (Wildman–Crippen LogP) is 1.70. The number of carbonyl (C=O) groups excluding carboxylic acids is 1. The molecule has 6 heteroatoms. The van der Waals surface area contributed by atoms with Crippen molar-refractivity contribution in [2.45, 2.75) is 45.1 Å². The van der Waals surface area contributed by atoms with Crippen LogP contribution in [0.2, 0.25) is 0 Å². The van der Waals surface area contributed by atoms with Crippen LogP contribution in [0.25, 0.3) is 0 Å². The number of hydrogen-bond acceptors (Lipinski definition) is 3. The summed E-state index contributed by atoms with van der Waals surface area (Å²) in [4.78, 5) is 24.8. The molecule has 2 rings (SSSR count). The summed E-state index contributed by atoms with van der Waals surface area (Å²) < 4.78 is 5.52. The number of rotatable bonds is 7. The summed E-state index contributed by atoms with van der Waals surface area (Å²) in [6, 6.07) is -0.112. The first-order valence-electron chi connectivity index (χ1n) is 7.93. The summed E-state index contributed by atoms with van der Waals surface area (Å²) in [6.45, 7) is 4.58. The Morgan fingerprint density at radius 3 is 2.71 bits per heavy atom. The van der Waals surface area contributed by atoms with Gasteiger partial charge in [-0.25, -0.2) is 4.79 Å². The van der Waals surface area contributed by atoms with Gasteiger partial charge in [-0.05, 0) is 44.9 Å². The Balaban J connectivity index is 1.58. The Kier molecular flexibility index (Phi) is 5.85. The second kappa shape index (κ2) is 7.64. The van der Waals surface area contributed by atoms with Crippen LogP contribution in [0.15, 0.2) is 0 Å². The summed E-state index contributed by atoms with van der Waals surface area (Å²) >= 11 is 0. The molecule has 0 aromatic carbocycles. The van der Waals surface area contributed by atoms with Gasteiger partial charge in [-0.1, -0.05) is 0 Å². The van der Waals surface area contributed by atoms with Gasteiger partial charge < -0.3 is 20.1 Å². The number of amides is 2. The first-order valence-corrected chi connectivity index (χ1v) is 7.93. The molecule has 21 heavy (non-hydrogen) atoms. The summed E-state index contributed by atoms with van der Waals surface area (Å²) in [5.41, 5.74) is 0. The SMILES string of the molecule is CC1CC(C(=O)O)CCN1C(=O)NCCCOCC1CC1. The maximum atomic E-state index is 12.1. The Morgan fingerprint density at radius 1 is 1.33 bits per heavy atom. The van der Waals surface area contributed by atoms with E-state index >= 15 is 0 Å². The summed E-state index contributed by atoms with van der Waals surface area (Å²) in [6.07, 6.45) is 4.48. The predicted molar refractivity (Wildman–Crippen MR) is 78.1 cm³/mol. The van der Waals surface area contributed by atoms with Crippen molar-refractivity contribution in [1.82, 2.24) is 10.2 Å². The van der Waals surface area contributed by atoms with Gasteiger partial charge in [-0.2, -0.15) is 0 Å². The van der Waals surface area contributed by atoms with E-state index < -0.39 is 5.97 Å². The van der Waals surface area contributed by atoms with E-state index in [1.165, 1.54) is 12.8 Å². The van der Waals surface area contributed by atoms with Crippen molar-refractivity contribution in [3.8, 4) is 0 Å².